The third kappa shape index (κ3) is 3.21. The zero-order valence-electron chi connectivity index (χ0n) is 9.56. The summed E-state index contributed by atoms with van der Waals surface area (Å²) >= 11 is 13.0. The topological polar surface area (TPSA) is 72.2 Å². The monoisotopic (exact) mass is 336 g/mol. The molecule has 0 amide bonds. The molecule has 0 spiro atoms. The lowest BCUT2D eigenvalue weighted by Crippen LogP contribution is -2.12. The molecule has 3 N–H and O–H groups in total. The lowest BCUT2D eigenvalue weighted by atomic mass is 10.3. The number of nitrogens with one attached hydrogen (secondary N) is 1. The predicted molar refractivity (Wildman–Crippen MR) is 79.5 cm³/mol. The quantitative estimate of drug-likeness (QED) is 0.899. The minimum atomic E-state index is -3.70. The van der Waals surface area contributed by atoms with Crippen molar-refractivity contribution >= 4 is 50.2 Å². The first kappa shape index (κ1) is 14.6. The minimum absolute atomic E-state index is 0.170. The van der Waals surface area contributed by atoms with Crippen molar-refractivity contribution in [2.45, 2.75) is 10.8 Å². The number of sulfonamides is 1. The van der Waals surface area contributed by atoms with Gasteiger partial charge in [0.25, 0.3) is 10.0 Å². The molecule has 0 saturated carbocycles. The fraction of sp³-hybridized carbons (Fsp3) is 0.0909. The Kier molecular flexibility index (Phi) is 4.37. The molecule has 0 bridgehead atoms. The molecule has 0 radical (unpaired) electrons. The van der Waals surface area contributed by atoms with Gasteiger partial charge < -0.3 is 5.73 Å². The number of halogens is 2. The second-order valence-corrected chi connectivity index (χ2v) is 7.32. The molecule has 1 aromatic carbocycles. The van der Waals surface area contributed by atoms with Crippen LogP contribution in [0.25, 0.3) is 0 Å². The smallest absolute Gasteiger partial charge is 0.271 e. The Morgan fingerprint density at radius 2 is 1.89 bits per heavy atom. The molecule has 0 saturated heterocycles. The van der Waals surface area contributed by atoms with Crippen molar-refractivity contribution in [1.29, 1.82) is 0 Å². The number of hydrogen-bond acceptors (Lipinski definition) is 4. The van der Waals surface area contributed by atoms with Gasteiger partial charge in [-0.2, -0.15) is 0 Å². The number of benzene rings is 1. The summed E-state index contributed by atoms with van der Waals surface area (Å²) < 4.78 is 26.9. The van der Waals surface area contributed by atoms with Gasteiger partial charge in [-0.25, -0.2) is 8.42 Å². The summed E-state index contributed by atoms with van der Waals surface area (Å²) in [4.78, 5) is 0. The highest BCUT2D eigenvalue weighted by Crippen LogP contribution is 2.32. The van der Waals surface area contributed by atoms with Crippen LogP contribution in [0, 0.1) is 0 Å². The van der Waals surface area contributed by atoms with Crippen molar-refractivity contribution in [1.82, 2.24) is 0 Å². The number of rotatable bonds is 4. The van der Waals surface area contributed by atoms with E-state index in [9.17, 15) is 8.42 Å². The van der Waals surface area contributed by atoms with E-state index in [0.717, 1.165) is 16.9 Å². The minimum Gasteiger partial charge on any atom is -0.326 e. The Morgan fingerprint density at radius 3 is 2.42 bits per heavy atom. The fourth-order valence-corrected chi connectivity index (χ4v) is 4.31. The largest absolute Gasteiger partial charge is 0.326 e. The molecule has 1 heterocycles. The number of anilines is 1. The van der Waals surface area contributed by atoms with Gasteiger partial charge >= 0.3 is 0 Å². The Balaban J connectivity index is 2.36. The van der Waals surface area contributed by atoms with Crippen molar-refractivity contribution in [2.75, 3.05) is 4.72 Å². The summed E-state index contributed by atoms with van der Waals surface area (Å²) in [6.07, 6.45) is 0. The van der Waals surface area contributed by atoms with E-state index in [1.165, 1.54) is 6.07 Å². The molecule has 102 valence electrons. The second-order valence-electron chi connectivity index (χ2n) is 3.68. The van der Waals surface area contributed by atoms with Crippen LogP contribution in [0.4, 0.5) is 5.69 Å². The van der Waals surface area contributed by atoms with E-state index in [-0.39, 0.29) is 19.9 Å². The maximum Gasteiger partial charge on any atom is 0.271 e. The van der Waals surface area contributed by atoms with Gasteiger partial charge in [0.05, 0.1) is 15.7 Å². The van der Waals surface area contributed by atoms with Gasteiger partial charge in [0.15, 0.2) is 0 Å². The highest BCUT2D eigenvalue weighted by Gasteiger charge is 2.19. The maximum atomic E-state index is 12.2. The predicted octanol–water partition coefficient (Wildman–Crippen LogP) is 3.31. The normalized spacial score (nSPS) is 11.5. The highest BCUT2D eigenvalue weighted by atomic mass is 35.5. The van der Waals surface area contributed by atoms with Crippen molar-refractivity contribution in [2.24, 2.45) is 5.73 Å². The van der Waals surface area contributed by atoms with Gasteiger partial charge in [-0.05, 0) is 29.1 Å². The van der Waals surface area contributed by atoms with E-state index in [4.69, 9.17) is 28.9 Å². The van der Waals surface area contributed by atoms with Crippen LogP contribution in [-0.2, 0) is 16.6 Å². The molecule has 8 heteroatoms. The first-order valence-corrected chi connectivity index (χ1v) is 8.30. The van der Waals surface area contributed by atoms with Crippen LogP contribution in [0.15, 0.2) is 33.9 Å². The molecule has 0 aliphatic rings. The van der Waals surface area contributed by atoms with Crippen LogP contribution in [0.2, 0.25) is 10.0 Å². The number of thiophene rings is 1. The highest BCUT2D eigenvalue weighted by molar-refractivity contribution is 7.94. The molecule has 0 aliphatic heterocycles. The average molecular weight is 337 g/mol. The van der Waals surface area contributed by atoms with Crippen molar-refractivity contribution in [3.8, 4) is 0 Å². The number of para-hydroxylation sites is 1. The van der Waals surface area contributed by atoms with E-state index >= 15 is 0 Å². The summed E-state index contributed by atoms with van der Waals surface area (Å²) in [7, 11) is -3.70. The van der Waals surface area contributed by atoms with E-state index < -0.39 is 10.0 Å². The maximum absolute atomic E-state index is 12.2. The Labute approximate surface area is 125 Å². The molecule has 1 aromatic heterocycles. The van der Waals surface area contributed by atoms with E-state index in [1.807, 2.05) is 0 Å². The summed E-state index contributed by atoms with van der Waals surface area (Å²) in [5, 5.41) is 2.18. The molecule has 4 nitrogen and oxygen atoms in total. The van der Waals surface area contributed by atoms with Gasteiger partial charge in [-0.15, -0.1) is 11.3 Å². The summed E-state index contributed by atoms with van der Waals surface area (Å²) in [6.45, 7) is 0.291. The molecule has 19 heavy (non-hydrogen) atoms. The lowest BCUT2D eigenvalue weighted by molar-refractivity contribution is 0.603. The van der Waals surface area contributed by atoms with Crippen LogP contribution < -0.4 is 10.5 Å². The SMILES string of the molecule is NCc1csc(S(=O)(=O)Nc2c(Cl)cccc2Cl)c1. The summed E-state index contributed by atoms with van der Waals surface area (Å²) in [5.41, 5.74) is 6.39. The molecule has 0 aliphatic carbocycles. The van der Waals surface area contributed by atoms with Crippen LogP contribution >= 0.6 is 34.5 Å². The molecular weight excluding hydrogens is 327 g/mol. The summed E-state index contributed by atoms with van der Waals surface area (Å²) in [6, 6.07) is 6.29. The third-order valence-corrected chi connectivity index (χ3v) is 5.80. The number of nitrogens with two attached hydrogens (primary N) is 1. The molecular formula is C11H10Cl2N2O2S2. The van der Waals surface area contributed by atoms with E-state index in [0.29, 0.717) is 6.54 Å². The molecule has 2 rings (SSSR count). The molecule has 2 aromatic rings. The number of hydrogen-bond donors (Lipinski definition) is 2. The summed E-state index contributed by atoms with van der Waals surface area (Å²) in [5.74, 6) is 0. The van der Waals surface area contributed by atoms with E-state index in [1.54, 1.807) is 23.6 Å². The van der Waals surface area contributed by atoms with Gasteiger partial charge in [0.2, 0.25) is 0 Å². The molecule has 0 fully saturated rings. The van der Waals surface area contributed by atoms with Crippen molar-refractivity contribution < 1.29 is 8.42 Å². The Morgan fingerprint density at radius 1 is 1.26 bits per heavy atom. The van der Waals surface area contributed by atoms with Crippen LogP contribution in [0.3, 0.4) is 0 Å². The fourth-order valence-electron chi connectivity index (χ4n) is 1.38. The average Bonchev–Trinajstić information content (AvgIpc) is 2.83. The zero-order chi connectivity index (χ0) is 14.0. The third-order valence-electron chi connectivity index (χ3n) is 2.33. The van der Waals surface area contributed by atoms with Crippen molar-refractivity contribution in [3.05, 3.63) is 45.3 Å². The second kappa shape index (κ2) is 5.68. The van der Waals surface area contributed by atoms with Crippen LogP contribution in [-0.4, -0.2) is 8.42 Å². The first-order chi connectivity index (χ1) is 8.94. The zero-order valence-corrected chi connectivity index (χ0v) is 12.7. The van der Waals surface area contributed by atoms with Gasteiger partial charge in [0, 0.05) is 6.54 Å². The molecule has 0 unspecified atom stereocenters. The van der Waals surface area contributed by atoms with Gasteiger partial charge in [0.1, 0.15) is 4.21 Å². The lowest BCUT2D eigenvalue weighted by Gasteiger charge is -2.09. The van der Waals surface area contributed by atoms with Gasteiger partial charge in [-0.1, -0.05) is 29.3 Å². The van der Waals surface area contributed by atoms with Gasteiger partial charge in [-0.3, -0.25) is 4.72 Å². The Bertz CT molecular complexity index is 678. The van der Waals surface area contributed by atoms with Crippen LogP contribution in [0.5, 0.6) is 0 Å². The first-order valence-electron chi connectivity index (χ1n) is 5.18. The van der Waals surface area contributed by atoms with Crippen LogP contribution in [0.1, 0.15) is 5.56 Å². The standard InChI is InChI=1S/C11H10Cl2N2O2S2/c12-8-2-1-3-9(13)11(8)15-19(16,17)10-4-7(5-14)6-18-10/h1-4,6,15H,5,14H2. The molecule has 0 atom stereocenters. The van der Waals surface area contributed by atoms with Crippen molar-refractivity contribution in [3.63, 3.8) is 0 Å². The Hall–Kier alpha value is -0.790. The van der Waals surface area contributed by atoms with E-state index in [2.05, 4.69) is 4.72 Å².